The minimum absolute atomic E-state index is 0.0265. The van der Waals surface area contributed by atoms with E-state index in [1.54, 1.807) is 11.6 Å². The third kappa shape index (κ3) is 3.33. The molecule has 4 rings (SSSR count). The zero-order valence-corrected chi connectivity index (χ0v) is 14.9. The second kappa shape index (κ2) is 6.92. The second-order valence-corrected chi connectivity index (χ2v) is 6.74. The van der Waals surface area contributed by atoms with Crippen molar-refractivity contribution in [2.45, 2.75) is 26.4 Å². The highest BCUT2D eigenvalue weighted by Gasteiger charge is 2.22. The van der Waals surface area contributed by atoms with E-state index < -0.39 is 5.97 Å². The van der Waals surface area contributed by atoms with Gasteiger partial charge in [0.25, 0.3) is 0 Å². The van der Waals surface area contributed by atoms with E-state index in [1.165, 1.54) is 17.7 Å². The third-order valence-corrected chi connectivity index (χ3v) is 4.97. The van der Waals surface area contributed by atoms with Crippen LogP contribution in [-0.2, 0) is 19.5 Å². The molecule has 0 unspecified atom stereocenters. The first kappa shape index (κ1) is 17.4. The van der Waals surface area contributed by atoms with Crippen LogP contribution in [0.2, 0.25) is 0 Å². The number of carboxylic acids is 1. The van der Waals surface area contributed by atoms with E-state index in [9.17, 15) is 14.3 Å². The van der Waals surface area contributed by atoms with Crippen molar-refractivity contribution in [2.24, 2.45) is 0 Å². The van der Waals surface area contributed by atoms with Crippen LogP contribution in [0.3, 0.4) is 0 Å². The number of carbonyl (C=O) groups is 1. The molecule has 0 amide bonds. The van der Waals surface area contributed by atoms with E-state index in [-0.39, 0.29) is 11.5 Å². The molecule has 0 radical (unpaired) electrons. The summed E-state index contributed by atoms with van der Waals surface area (Å²) in [7, 11) is 0. The molecule has 1 aliphatic rings. The highest BCUT2D eigenvalue weighted by molar-refractivity contribution is 5.86. The quantitative estimate of drug-likeness (QED) is 0.769. The Kier molecular flexibility index (Phi) is 4.45. The number of benzene rings is 2. The van der Waals surface area contributed by atoms with Crippen LogP contribution in [0, 0.1) is 12.7 Å². The van der Waals surface area contributed by atoms with Crippen LogP contribution in [-0.4, -0.2) is 37.5 Å². The number of nitrogens with zero attached hydrogens (tertiary/aromatic N) is 4. The van der Waals surface area contributed by atoms with Gasteiger partial charge >= 0.3 is 5.97 Å². The lowest BCUT2D eigenvalue weighted by atomic mass is 9.97. The summed E-state index contributed by atoms with van der Waals surface area (Å²) >= 11 is 0. The van der Waals surface area contributed by atoms with E-state index in [4.69, 9.17) is 0 Å². The fourth-order valence-corrected chi connectivity index (χ4v) is 3.58. The lowest BCUT2D eigenvalue weighted by Gasteiger charge is -2.30. The van der Waals surface area contributed by atoms with Crippen LogP contribution >= 0.6 is 0 Å². The van der Waals surface area contributed by atoms with Gasteiger partial charge in [-0.15, -0.1) is 5.10 Å². The topological polar surface area (TPSA) is 71.2 Å². The Labute approximate surface area is 155 Å². The number of rotatable bonds is 4. The zero-order chi connectivity index (χ0) is 19.0. The first-order valence-corrected chi connectivity index (χ1v) is 8.76. The molecule has 2 aromatic carbocycles. The van der Waals surface area contributed by atoms with Crippen LogP contribution in [0.15, 0.2) is 42.5 Å². The summed E-state index contributed by atoms with van der Waals surface area (Å²) in [5, 5.41) is 17.0. The van der Waals surface area contributed by atoms with Crippen molar-refractivity contribution >= 4 is 5.97 Å². The average molecular weight is 366 g/mol. The molecule has 0 spiro atoms. The highest BCUT2D eigenvalue weighted by Crippen LogP contribution is 2.27. The van der Waals surface area contributed by atoms with Gasteiger partial charge in [0.1, 0.15) is 5.82 Å². The maximum atomic E-state index is 13.1. The molecule has 6 nitrogen and oxygen atoms in total. The number of hydrogen-bond acceptors (Lipinski definition) is 4. The van der Waals surface area contributed by atoms with Gasteiger partial charge in [0.05, 0.1) is 11.4 Å². The highest BCUT2D eigenvalue weighted by atomic mass is 19.1. The molecule has 27 heavy (non-hydrogen) atoms. The fraction of sp³-hybridized carbons (Fsp3) is 0.250. The third-order valence-electron chi connectivity index (χ3n) is 4.97. The van der Waals surface area contributed by atoms with E-state index in [2.05, 4.69) is 21.3 Å². The molecule has 0 saturated carbocycles. The normalized spacial score (nSPS) is 14.1. The van der Waals surface area contributed by atoms with Crippen molar-refractivity contribution in [3.63, 3.8) is 0 Å². The van der Waals surface area contributed by atoms with Crippen molar-refractivity contribution in [1.82, 2.24) is 19.9 Å². The molecule has 7 heteroatoms. The molecule has 0 fully saturated rings. The predicted octanol–water partition coefficient (Wildman–Crippen LogP) is 2.97. The molecule has 0 saturated heterocycles. The van der Waals surface area contributed by atoms with E-state index in [1.807, 2.05) is 24.3 Å². The summed E-state index contributed by atoms with van der Waals surface area (Å²) in [4.78, 5) is 13.6. The maximum Gasteiger partial charge on any atom is 0.358 e. The molecule has 0 atom stereocenters. The molecule has 0 bridgehead atoms. The summed E-state index contributed by atoms with van der Waals surface area (Å²) in [6.07, 6.45) is 0.828. The molecule has 138 valence electrons. The van der Waals surface area contributed by atoms with Gasteiger partial charge in [0.2, 0.25) is 0 Å². The second-order valence-electron chi connectivity index (χ2n) is 6.74. The van der Waals surface area contributed by atoms with Crippen molar-refractivity contribution in [3.05, 3.63) is 76.4 Å². The van der Waals surface area contributed by atoms with Gasteiger partial charge in [-0.25, -0.2) is 13.9 Å². The largest absolute Gasteiger partial charge is 0.476 e. The first-order chi connectivity index (χ1) is 13.0. The molecule has 1 N–H and O–H groups in total. The molecule has 1 aromatic heterocycles. The van der Waals surface area contributed by atoms with Gasteiger partial charge in [-0.3, -0.25) is 4.90 Å². The average Bonchev–Trinajstić information content (AvgIpc) is 3.04. The Morgan fingerprint density at radius 1 is 1.22 bits per heavy atom. The maximum absolute atomic E-state index is 13.1. The van der Waals surface area contributed by atoms with Crippen LogP contribution in [0.25, 0.3) is 5.69 Å². The lowest BCUT2D eigenvalue weighted by Crippen LogP contribution is -2.30. The van der Waals surface area contributed by atoms with Gasteiger partial charge in [0.15, 0.2) is 5.69 Å². The summed E-state index contributed by atoms with van der Waals surface area (Å²) in [5.74, 6) is -1.30. The number of halogens is 1. The van der Waals surface area contributed by atoms with Gasteiger partial charge in [-0.1, -0.05) is 29.5 Å². The predicted molar refractivity (Wildman–Crippen MR) is 97.3 cm³/mol. The summed E-state index contributed by atoms with van der Waals surface area (Å²) in [6.45, 7) is 4.11. The van der Waals surface area contributed by atoms with E-state index >= 15 is 0 Å². The molecule has 0 aliphatic carbocycles. The standard InChI is InChI=1S/C20H19FN4O2/c1-13-19(20(26)27)22-23-25(13)18-4-2-3-15-12-24(10-9-17(15)18)11-14-5-7-16(21)8-6-14/h2-8H,9-12H2,1H3,(H,26,27). The molecule has 3 aromatic rings. The SMILES string of the molecule is Cc1c(C(=O)O)nnn1-c1cccc2c1CCN(Cc1ccc(F)cc1)C2. The fourth-order valence-electron chi connectivity index (χ4n) is 3.58. The monoisotopic (exact) mass is 366 g/mol. The van der Waals surface area contributed by atoms with Crippen molar-refractivity contribution in [2.75, 3.05) is 6.54 Å². The van der Waals surface area contributed by atoms with Gasteiger partial charge in [-0.05, 0) is 48.2 Å². The molecule has 2 heterocycles. The Hall–Kier alpha value is -3.06. The van der Waals surface area contributed by atoms with Gasteiger partial charge < -0.3 is 5.11 Å². The number of fused-ring (bicyclic) bond motifs is 1. The van der Waals surface area contributed by atoms with E-state index in [0.717, 1.165) is 42.9 Å². The number of carboxylic acid groups (broad SMARTS) is 1. The van der Waals surface area contributed by atoms with Crippen LogP contribution in [0.1, 0.15) is 32.9 Å². The number of aromatic carboxylic acids is 1. The summed E-state index contributed by atoms with van der Waals surface area (Å²) < 4.78 is 14.7. The van der Waals surface area contributed by atoms with Crippen LogP contribution in [0.5, 0.6) is 0 Å². The minimum atomic E-state index is -1.07. The van der Waals surface area contributed by atoms with Crippen molar-refractivity contribution in [3.8, 4) is 5.69 Å². The number of aromatic nitrogens is 3. The van der Waals surface area contributed by atoms with Crippen LogP contribution < -0.4 is 0 Å². The lowest BCUT2D eigenvalue weighted by molar-refractivity contribution is 0.0689. The Balaban J connectivity index is 1.60. The van der Waals surface area contributed by atoms with Gasteiger partial charge in [-0.2, -0.15) is 0 Å². The van der Waals surface area contributed by atoms with E-state index in [0.29, 0.717) is 5.69 Å². The summed E-state index contributed by atoms with van der Waals surface area (Å²) in [6, 6.07) is 12.6. The molecule has 1 aliphatic heterocycles. The van der Waals surface area contributed by atoms with Crippen LogP contribution in [0.4, 0.5) is 4.39 Å². The van der Waals surface area contributed by atoms with Crippen molar-refractivity contribution in [1.29, 1.82) is 0 Å². The minimum Gasteiger partial charge on any atom is -0.476 e. The molecular formula is C20H19FN4O2. The summed E-state index contributed by atoms with van der Waals surface area (Å²) in [5.41, 5.74) is 4.80. The smallest absolute Gasteiger partial charge is 0.358 e. The number of hydrogen-bond donors (Lipinski definition) is 1. The zero-order valence-electron chi connectivity index (χ0n) is 14.9. The Bertz CT molecular complexity index is 998. The Morgan fingerprint density at radius 2 is 2.00 bits per heavy atom. The Morgan fingerprint density at radius 3 is 2.70 bits per heavy atom. The first-order valence-electron chi connectivity index (χ1n) is 8.76. The molecular weight excluding hydrogens is 347 g/mol. The van der Waals surface area contributed by atoms with Gasteiger partial charge in [0, 0.05) is 19.6 Å². The van der Waals surface area contributed by atoms with Crippen molar-refractivity contribution < 1.29 is 14.3 Å².